The molecule has 0 bridgehead atoms. The molecule has 1 aromatic carbocycles. The number of hydrogen-bond donors (Lipinski definition) is 1. The molecule has 1 atom stereocenters. The van der Waals surface area contributed by atoms with Gasteiger partial charge in [-0.25, -0.2) is 8.42 Å². The van der Waals surface area contributed by atoms with Gasteiger partial charge in [-0.2, -0.15) is 0 Å². The molecule has 1 rings (SSSR count). The highest BCUT2D eigenvalue weighted by molar-refractivity contribution is 7.91. The highest BCUT2D eigenvalue weighted by atomic mass is 32.2. The molecule has 0 aromatic heterocycles. The van der Waals surface area contributed by atoms with Gasteiger partial charge in [0.05, 0.1) is 10.6 Å². The largest absolute Gasteiger partial charge is 0.480 e. The summed E-state index contributed by atoms with van der Waals surface area (Å²) in [6.45, 7) is 1.57. The fourth-order valence-electron chi connectivity index (χ4n) is 1.69. The average Bonchev–Trinajstić information content (AvgIpc) is 2.29. The Morgan fingerprint density at radius 1 is 1.28 bits per heavy atom. The monoisotopic (exact) mass is 271 g/mol. The Balaban J connectivity index is 3.13. The topological polar surface area (TPSA) is 74.7 Å². The summed E-state index contributed by atoms with van der Waals surface area (Å²) < 4.78 is 23.2. The van der Waals surface area contributed by atoms with Crippen LogP contribution in [0.15, 0.2) is 29.2 Å². The Hall–Kier alpha value is -1.40. The van der Waals surface area contributed by atoms with Crippen molar-refractivity contribution >= 4 is 15.8 Å². The number of benzene rings is 1. The van der Waals surface area contributed by atoms with Gasteiger partial charge in [-0.15, -0.1) is 0 Å². The second-order valence-electron chi connectivity index (χ2n) is 4.18. The fraction of sp³-hybridized carbons (Fsp3) is 0.417. The predicted molar refractivity (Wildman–Crippen MR) is 68.2 cm³/mol. The van der Waals surface area contributed by atoms with Crippen LogP contribution in [0.4, 0.5) is 0 Å². The molecule has 0 aliphatic carbocycles. The minimum atomic E-state index is -3.24. The van der Waals surface area contributed by atoms with Gasteiger partial charge in [0.25, 0.3) is 0 Å². The van der Waals surface area contributed by atoms with Crippen molar-refractivity contribution < 1.29 is 18.3 Å². The zero-order valence-electron chi connectivity index (χ0n) is 10.6. The summed E-state index contributed by atoms with van der Waals surface area (Å²) in [5, 5.41) is 9.11. The second kappa shape index (κ2) is 5.49. The lowest BCUT2D eigenvalue weighted by atomic mass is 10.1. The molecule has 1 unspecified atom stereocenters. The van der Waals surface area contributed by atoms with E-state index in [1.54, 1.807) is 38.1 Å². The van der Waals surface area contributed by atoms with E-state index in [1.807, 2.05) is 0 Å². The van der Waals surface area contributed by atoms with Gasteiger partial charge in [-0.05, 0) is 31.8 Å². The Morgan fingerprint density at radius 3 is 2.11 bits per heavy atom. The second-order valence-corrected chi connectivity index (χ2v) is 6.46. The molecule has 0 amide bonds. The van der Waals surface area contributed by atoms with Gasteiger partial charge in [0.1, 0.15) is 6.04 Å². The zero-order chi connectivity index (χ0) is 13.9. The minimum Gasteiger partial charge on any atom is -0.480 e. The maximum atomic E-state index is 11.6. The van der Waals surface area contributed by atoms with Crippen LogP contribution in [0.5, 0.6) is 0 Å². The molecule has 5 nitrogen and oxygen atoms in total. The molecular formula is C12H17NO4S. The van der Waals surface area contributed by atoms with E-state index in [0.29, 0.717) is 5.56 Å². The highest BCUT2D eigenvalue weighted by Crippen LogP contribution is 2.21. The fourth-order valence-corrected chi connectivity index (χ4v) is 2.57. The first-order valence-electron chi connectivity index (χ1n) is 5.51. The normalized spacial score (nSPS) is 13.6. The van der Waals surface area contributed by atoms with Gasteiger partial charge < -0.3 is 5.11 Å². The summed E-state index contributed by atoms with van der Waals surface area (Å²) in [6, 6.07) is 5.22. The minimum absolute atomic E-state index is 0.0301. The maximum absolute atomic E-state index is 11.6. The third-order valence-electron chi connectivity index (χ3n) is 2.69. The number of carboxylic acid groups (broad SMARTS) is 1. The van der Waals surface area contributed by atoms with Crippen LogP contribution in [0.2, 0.25) is 0 Å². The first-order valence-corrected chi connectivity index (χ1v) is 7.16. The third kappa shape index (κ3) is 3.08. The molecule has 0 heterocycles. The first-order chi connectivity index (χ1) is 8.29. The van der Waals surface area contributed by atoms with Crippen molar-refractivity contribution in [2.75, 3.05) is 19.8 Å². The Bertz CT molecular complexity index is 520. The number of sulfone groups is 1. The van der Waals surface area contributed by atoms with Crippen LogP contribution in [-0.2, 0) is 14.6 Å². The summed E-state index contributed by atoms with van der Waals surface area (Å²) >= 11 is 0. The van der Waals surface area contributed by atoms with Crippen LogP contribution in [0, 0.1) is 0 Å². The van der Waals surface area contributed by atoms with E-state index in [-0.39, 0.29) is 10.6 Å². The molecular weight excluding hydrogens is 254 g/mol. The Kier molecular flexibility index (Phi) is 4.48. The molecule has 6 heteroatoms. The smallest absolute Gasteiger partial charge is 0.325 e. The molecule has 0 aliphatic rings. The molecule has 1 N–H and O–H groups in total. The number of nitrogens with zero attached hydrogens (tertiary/aromatic N) is 1. The number of rotatable bonds is 5. The van der Waals surface area contributed by atoms with Gasteiger partial charge in [0.2, 0.25) is 0 Å². The van der Waals surface area contributed by atoms with E-state index in [2.05, 4.69) is 0 Å². The molecule has 0 saturated carbocycles. The van der Waals surface area contributed by atoms with Crippen molar-refractivity contribution in [3.05, 3.63) is 29.8 Å². The van der Waals surface area contributed by atoms with Crippen molar-refractivity contribution in [3.8, 4) is 0 Å². The van der Waals surface area contributed by atoms with Gasteiger partial charge in [-0.3, -0.25) is 9.69 Å². The lowest BCUT2D eigenvalue weighted by Gasteiger charge is -2.20. The molecule has 0 fully saturated rings. The average molecular weight is 271 g/mol. The van der Waals surface area contributed by atoms with Crippen molar-refractivity contribution in [1.82, 2.24) is 4.90 Å². The van der Waals surface area contributed by atoms with E-state index >= 15 is 0 Å². The van der Waals surface area contributed by atoms with Gasteiger partial charge in [-0.1, -0.05) is 19.1 Å². The Labute approximate surface area is 107 Å². The zero-order valence-corrected chi connectivity index (χ0v) is 11.4. The predicted octanol–water partition coefficient (Wildman–Crippen LogP) is 1.17. The van der Waals surface area contributed by atoms with Crippen LogP contribution >= 0.6 is 0 Å². The SMILES string of the molecule is CCS(=O)(=O)c1ccc(C(C(=O)O)N(C)C)cc1. The van der Waals surface area contributed by atoms with E-state index in [0.717, 1.165) is 0 Å². The Morgan fingerprint density at radius 2 is 1.78 bits per heavy atom. The lowest BCUT2D eigenvalue weighted by molar-refractivity contribution is -0.142. The highest BCUT2D eigenvalue weighted by Gasteiger charge is 2.22. The van der Waals surface area contributed by atoms with Gasteiger partial charge in [0.15, 0.2) is 9.84 Å². The number of aliphatic carboxylic acids is 1. The van der Waals surface area contributed by atoms with Crippen LogP contribution in [0.1, 0.15) is 18.5 Å². The summed E-state index contributed by atoms with van der Waals surface area (Å²) in [4.78, 5) is 12.9. The molecule has 0 aliphatic heterocycles. The molecule has 1 aromatic rings. The van der Waals surface area contributed by atoms with Gasteiger partial charge in [0, 0.05) is 0 Å². The number of carbonyl (C=O) groups is 1. The van der Waals surface area contributed by atoms with Crippen LogP contribution in [0.3, 0.4) is 0 Å². The van der Waals surface area contributed by atoms with Crippen LogP contribution < -0.4 is 0 Å². The van der Waals surface area contributed by atoms with Gasteiger partial charge >= 0.3 is 5.97 Å². The number of carboxylic acids is 1. The standard InChI is InChI=1S/C12H17NO4S/c1-4-18(16,17)10-7-5-9(6-8-10)11(12(14)15)13(2)3/h5-8,11H,4H2,1-3H3,(H,14,15). The van der Waals surface area contributed by atoms with Crippen LogP contribution in [-0.4, -0.2) is 44.2 Å². The van der Waals surface area contributed by atoms with Crippen molar-refractivity contribution in [2.24, 2.45) is 0 Å². The summed E-state index contributed by atoms with van der Waals surface area (Å²) in [7, 11) is 0.0822. The maximum Gasteiger partial charge on any atom is 0.325 e. The number of likely N-dealkylation sites (N-methyl/N-ethyl adjacent to an activating group) is 1. The number of hydrogen-bond acceptors (Lipinski definition) is 4. The third-order valence-corrected chi connectivity index (χ3v) is 4.44. The van der Waals surface area contributed by atoms with E-state index in [9.17, 15) is 13.2 Å². The summed E-state index contributed by atoms with van der Waals surface area (Å²) in [5.74, 6) is -0.936. The lowest BCUT2D eigenvalue weighted by Crippen LogP contribution is -2.27. The molecule has 18 heavy (non-hydrogen) atoms. The molecule has 0 spiro atoms. The van der Waals surface area contributed by atoms with E-state index in [1.165, 1.54) is 12.1 Å². The quantitative estimate of drug-likeness (QED) is 0.870. The van der Waals surface area contributed by atoms with E-state index < -0.39 is 21.8 Å². The molecule has 0 saturated heterocycles. The summed E-state index contributed by atoms with van der Waals surface area (Å²) in [5.41, 5.74) is 0.558. The first kappa shape index (κ1) is 14.7. The summed E-state index contributed by atoms with van der Waals surface area (Å²) in [6.07, 6.45) is 0. The van der Waals surface area contributed by atoms with Crippen molar-refractivity contribution in [1.29, 1.82) is 0 Å². The van der Waals surface area contributed by atoms with Crippen molar-refractivity contribution in [3.63, 3.8) is 0 Å². The molecule has 100 valence electrons. The van der Waals surface area contributed by atoms with Crippen LogP contribution in [0.25, 0.3) is 0 Å². The van der Waals surface area contributed by atoms with Crippen molar-refractivity contribution in [2.45, 2.75) is 17.9 Å². The molecule has 0 radical (unpaired) electrons. The van der Waals surface area contributed by atoms with E-state index in [4.69, 9.17) is 5.11 Å².